The van der Waals surface area contributed by atoms with Gasteiger partial charge in [0.05, 0.1) is 5.56 Å². The van der Waals surface area contributed by atoms with Crippen molar-refractivity contribution in [2.75, 3.05) is 18.0 Å². The molecular formula is C22H21NO3. The zero-order valence-electron chi connectivity index (χ0n) is 14.9. The Morgan fingerprint density at radius 3 is 1.88 bits per heavy atom. The van der Waals surface area contributed by atoms with Crippen molar-refractivity contribution in [2.45, 2.75) is 13.8 Å². The number of carbonyl (C=O) groups is 2. The van der Waals surface area contributed by atoms with Crippen LogP contribution in [-0.2, 0) is 0 Å². The van der Waals surface area contributed by atoms with E-state index in [1.165, 1.54) is 0 Å². The van der Waals surface area contributed by atoms with E-state index in [9.17, 15) is 14.7 Å². The number of rotatable bonds is 6. The first kappa shape index (κ1) is 17.7. The van der Waals surface area contributed by atoms with Gasteiger partial charge in [-0.1, -0.05) is 24.3 Å². The van der Waals surface area contributed by atoms with Crippen LogP contribution in [0.2, 0.25) is 0 Å². The minimum absolute atomic E-state index is 0.0292. The molecule has 0 atom stereocenters. The van der Waals surface area contributed by atoms with Crippen molar-refractivity contribution in [1.82, 2.24) is 0 Å². The average Bonchev–Trinajstić information content (AvgIpc) is 2.68. The van der Waals surface area contributed by atoms with Gasteiger partial charge in [0.2, 0.25) is 0 Å². The van der Waals surface area contributed by atoms with Gasteiger partial charge in [0.1, 0.15) is 0 Å². The van der Waals surface area contributed by atoms with Crippen LogP contribution in [0.4, 0.5) is 5.69 Å². The number of nitrogens with zero attached hydrogens (tertiary/aromatic N) is 1. The van der Waals surface area contributed by atoms with Gasteiger partial charge in [0.15, 0.2) is 5.78 Å². The number of ketones is 1. The normalized spacial score (nSPS) is 10.7. The molecule has 0 aliphatic carbocycles. The molecule has 0 aliphatic rings. The minimum Gasteiger partial charge on any atom is -0.478 e. The van der Waals surface area contributed by atoms with Crippen LogP contribution in [0.3, 0.4) is 0 Å². The van der Waals surface area contributed by atoms with Crippen molar-refractivity contribution in [1.29, 1.82) is 0 Å². The lowest BCUT2D eigenvalue weighted by Crippen LogP contribution is -2.21. The van der Waals surface area contributed by atoms with Gasteiger partial charge in [-0.2, -0.15) is 0 Å². The first-order valence-corrected chi connectivity index (χ1v) is 8.71. The smallest absolute Gasteiger partial charge is 0.336 e. The number of aromatic carboxylic acids is 1. The summed E-state index contributed by atoms with van der Waals surface area (Å²) in [5.41, 5.74) is 1.77. The van der Waals surface area contributed by atoms with E-state index in [1.54, 1.807) is 24.3 Å². The third-order valence-electron chi connectivity index (χ3n) is 4.62. The van der Waals surface area contributed by atoms with Gasteiger partial charge in [-0.25, -0.2) is 4.79 Å². The topological polar surface area (TPSA) is 57.6 Å². The van der Waals surface area contributed by atoms with E-state index < -0.39 is 5.97 Å². The number of benzene rings is 3. The van der Waals surface area contributed by atoms with E-state index in [1.807, 2.05) is 36.4 Å². The summed E-state index contributed by atoms with van der Waals surface area (Å²) in [6.07, 6.45) is 0. The highest BCUT2D eigenvalue weighted by Crippen LogP contribution is 2.24. The van der Waals surface area contributed by atoms with Crippen LogP contribution in [-0.4, -0.2) is 29.9 Å². The molecule has 3 aromatic rings. The first-order chi connectivity index (χ1) is 12.5. The zero-order valence-corrected chi connectivity index (χ0v) is 14.9. The van der Waals surface area contributed by atoms with Crippen LogP contribution < -0.4 is 4.90 Å². The Kier molecular flexibility index (Phi) is 5.03. The van der Waals surface area contributed by atoms with Crippen LogP contribution in [0.15, 0.2) is 60.7 Å². The molecule has 1 N–H and O–H groups in total. The molecule has 3 rings (SSSR count). The lowest BCUT2D eigenvalue weighted by atomic mass is 9.94. The molecule has 0 aliphatic heterocycles. The predicted molar refractivity (Wildman–Crippen MR) is 104 cm³/mol. The van der Waals surface area contributed by atoms with Gasteiger partial charge in [-0.05, 0) is 61.0 Å². The van der Waals surface area contributed by atoms with Crippen LogP contribution in [0.5, 0.6) is 0 Å². The summed E-state index contributed by atoms with van der Waals surface area (Å²) in [5.74, 6) is -1.38. The monoisotopic (exact) mass is 347 g/mol. The SMILES string of the molecule is CCN(CC)c1ccc(C(=O)c2cc3ccccc3cc2C(=O)O)cc1. The quantitative estimate of drug-likeness (QED) is 0.661. The summed E-state index contributed by atoms with van der Waals surface area (Å²) < 4.78 is 0. The summed E-state index contributed by atoms with van der Waals surface area (Å²) in [4.78, 5) is 26.8. The molecule has 26 heavy (non-hydrogen) atoms. The van der Waals surface area contributed by atoms with Crippen molar-refractivity contribution in [3.8, 4) is 0 Å². The molecule has 132 valence electrons. The number of carbonyl (C=O) groups excluding carboxylic acids is 1. The molecule has 0 spiro atoms. The highest BCUT2D eigenvalue weighted by molar-refractivity contribution is 6.16. The summed E-state index contributed by atoms with van der Waals surface area (Å²) >= 11 is 0. The van der Waals surface area contributed by atoms with Gasteiger partial charge in [-0.15, -0.1) is 0 Å². The van der Waals surface area contributed by atoms with Gasteiger partial charge in [0, 0.05) is 29.9 Å². The Hall–Kier alpha value is -3.14. The molecule has 0 aromatic heterocycles. The molecule has 0 unspecified atom stereocenters. The van der Waals surface area contributed by atoms with Crippen molar-refractivity contribution in [3.63, 3.8) is 0 Å². The van der Waals surface area contributed by atoms with Crippen LogP contribution in [0.1, 0.15) is 40.1 Å². The summed E-state index contributed by atoms with van der Waals surface area (Å²) in [7, 11) is 0. The third kappa shape index (κ3) is 3.31. The number of carboxylic acids is 1. The fraction of sp³-hybridized carbons (Fsp3) is 0.182. The van der Waals surface area contributed by atoms with Crippen LogP contribution >= 0.6 is 0 Å². The van der Waals surface area contributed by atoms with E-state index >= 15 is 0 Å². The highest BCUT2D eigenvalue weighted by atomic mass is 16.4. The minimum atomic E-state index is -1.10. The van der Waals surface area contributed by atoms with Gasteiger partial charge < -0.3 is 10.0 Å². The van der Waals surface area contributed by atoms with Gasteiger partial charge >= 0.3 is 5.97 Å². The third-order valence-corrected chi connectivity index (χ3v) is 4.62. The zero-order chi connectivity index (χ0) is 18.7. The Labute approximate surface area is 152 Å². The second-order valence-electron chi connectivity index (χ2n) is 6.10. The largest absolute Gasteiger partial charge is 0.478 e. The average molecular weight is 347 g/mol. The van der Waals surface area contributed by atoms with Gasteiger partial charge in [0.25, 0.3) is 0 Å². The van der Waals surface area contributed by atoms with Crippen molar-refractivity contribution in [3.05, 3.63) is 77.4 Å². The summed E-state index contributed by atoms with van der Waals surface area (Å²) in [6.45, 7) is 5.93. The molecule has 0 amide bonds. The van der Waals surface area contributed by atoms with E-state index in [2.05, 4.69) is 18.7 Å². The van der Waals surface area contributed by atoms with Gasteiger partial charge in [-0.3, -0.25) is 4.79 Å². The maximum Gasteiger partial charge on any atom is 0.336 e. The van der Waals surface area contributed by atoms with Crippen molar-refractivity contribution in [2.24, 2.45) is 0 Å². The van der Waals surface area contributed by atoms with E-state index in [0.29, 0.717) is 5.56 Å². The van der Waals surface area contributed by atoms with E-state index in [-0.39, 0.29) is 16.9 Å². The van der Waals surface area contributed by atoms with Crippen molar-refractivity contribution < 1.29 is 14.7 Å². The molecule has 0 heterocycles. The van der Waals surface area contributed by atoms with Crippen molar-refractivity contribution >= 4 is 28.2 Å². The number of carboxylic acid groups (broad SMARTS) is 1. The lowest BCUT2D eigenvalue weighted by Gasteiger charge is -2.21. The molecule has 0 radical (unpaired) electrons. The second-order valence-corrected chi connectivity index (χ2v) is 6.10. The maximum atomic E-state index is 13.0. The molecule has 0 saturated carbocycles. The van der Waals surface area contributed by atoms with Crippen LogP contribution in [0.25, 0.3) is 10.8 Å². The van der Waals surface area contributed by atoms with E-state index in [0.717, 1.165) is 29.5 Å². The fourth-order valence-electron chi connectivity index (χ4n) is 3.17. The molecule has 0 saturated heterocycles. The van der Waals surface area contributed by atoms with Crippen LogP contribution in [0, 0.1) is 0 Å². The Morgan fingerprint density at radius 2 is 1.38 bits per heavy atom. The number of fused-ring (bicyclic) bond motifs is 1. The number of hydrogen-bond acceptors (Lipinski definition) is 3. The predicted octanol–water partition coefficient (Wildman–Crippen LogP) is 4.62. The Bertz CT molecular complexity index is 957. The molecule has 4 heteroatoms. The second kappa shape index (κ2) is 7.40. The molecule has 0 bridgehead atoms. The Balaban J connectivity index is 2.04. The molecular weight excluding hydrogens is 326 g/mol. The Morgan fingerprint density at radius 1 is 0.846 bits per heavy atom. The number of anilines is 1. The maximum absolute atomic E-state index is 13.0. The molecule has 0 fully saturated rings. The lowest BCUT2D eigenvalue weighted by molar-refractivity contribution is 0.0693. The summed E-state index contributed by atoms with van der Waals surface area (Å²) in [5, 5.41) is 11.2. The number of hydrogen-bond donors (Lipinski definition) is 1. The highest BCUT2D eigenvalue weighted by Gasteiger charge is 2.19. The first-order valence-electron chi connectivity index (χ1n) is 8.71. The molecule has 3 aromatic carbocycles. The van der Waals surface area contributed by atoms with E-state index in [4.69, 9.17) is 0 Å². The summed E-state index contributed by atoms with van der Waals surface area (Å²) in [6, 6.07) is 18.0. The standard InChI is InChI=1S/C22H21NO3/c1-3-23(4-2)18-11-9-15(10-12-18)21(24)19-13-16-7-5-6-8-17(16)14-20(19)22(25)26/h5-14H,3-4H2,1-2H3,(H,25,26). The molecule has 4 nitrogen and oxygen atoms in total. The fourth-order valence-corrected chi connectivity index (χ4v) is 3.17.